The normalized spacial score (nSPS) is 15.4. The lowest BCUT2D eigenvalue weighted by molar-refractivity contribution is -0.138. The average molecular weight is 519 g/mol. The largest absolute Gasteiger partial charge is 0.375 e. The van der Waals surface area contributed by atoms with Crippen molar-refractivity contribution in [3.63, 3.8) is 0 Å². The number of halogens is 2. The van der Waals surface area contributed by atoms with Crippen LogP contribution in [0.5, 0.6) is 0 Å². The van der Waals surface area contributed by atoms with E-state index >= 15 is 0 Å². The Bertz CT molecular complexity index is 702. The van der Waals surface area contributed by atoms with Crippen LogP contribution in [0.2, 0.25) is 0 Å². The molecule has 1 fully saturated rings. The van der Waals surface area contributed by atoms with Gasteiger partial charge in [-0.25, -0.2) is 9.38 Å². The predicted molar refractivity (Wildman–Crippen MR) is 129 cm³/mol. The molecule has 0 aliphatic heterocycles. The summed E-state index contributed by atoms with van der Waals surface area (Å²) in [7, 11) is 7.26. The first-order valence-corrected chi connectivity index (χ1v) is 9.99. The van der Waals surface area contributed by atoms with Crippen LogP contribution in [0.3, 0.4) is 0 Å². The summed E-state index contributed by atoms with van der Waals surface area (Å²) in [4.78, 5) is 20.7. The maximum absolute atomic E-state index is 14.2. The number of nitrogens with one attached hydrogen (secondary N) is 2. The number of guanidine groups is 1. The second kappa shape index (κ2) is 11.6. The maximum atomic E-state index is 14.2. The molecule has 0 saturated heterocycles. The van der Waals surface area contributed by atoms with Crippen molar-refractivity contribution in [2.45, 2.75) is 39.2 Å². The quantitative estimate of drug-likeness (QED) is 0.330. The number of aliphatic imine (C=N–C) groups is 1. The van der Waals surface area contributed by atoms with Gasteiger partial charge in [-0.1, -0.05) is 18.9 Å². The number of carbonyl (C=O) groups excluding carboxylic acids is 1. The van der Waals surface area contributed by atoms with Crippen LogP contribution in [0, 0.1) is 11.2 Å². The van der Waals surface area contributed by atoms with Crippen molar-refractivity contribution in [2.75, 3.05) is 46.2 Å². The number of benzene rings is 1. The first-order valence-electron chi connectivity index (χ1n) is 9.99. The SMILES string of the molecule is CCNC(=NCc1ccc(N(C)C)c(F)c1)NCC1(C(=O)N(C)C)CCCC1.I. The number of anilines is 1. The molecule has 0 heterocycles. The molecule has 1 amide bonds. The van der Waals surface area contributed by atoms with Crippen LogP contribution in [0.4, 0.5) is 10.1 Å². The van der Waals surface area contributed by atoms with E-state index in [1.807, 2.05) is 41.2 Å². The lowest BCUT2D eigenvalue weighted by atomic mass is 9.84. The predicted octanol–water partition coefficient (Wildman–Crippen LogP) is 3.21. The van der Waals surface area contributed by atoms with E-state index < -0.39 is 0 Å². The second-order valence-electron chi connectivity index (χ2n) is 7.92. The summed E-state index contributed by atoms with van der Waals surface area (Å²) >= 11 is 0. The Kier molecular flexibility index (Phi) is 10.2. The van der Waals surface area contributed by atoms with Crippen molar-refractivity contribution in [3.05, 3.63) is 29.6 Å². The van der Waals surface area contributed by atoms with E-state index in [0.29, 0.717) is 31.3 Å². The minimum absolute atomic E-state index is 0. The van der Waals surface area contributed by atoms with Gasteiger partial charge >= 0.3 is 0 Å². The molecule has 2 rings (SSSR count). The molecular weight excluding hydrogens is 484 g/mol. The highest BCUT2D eigenvalue weighted by molar-refractivity contribution is 14.0. The van der Waals surface area contributed by atoms with Gasteiger partial charge in [0, 0.05) is 41.3 Å². The first kappa shape index (κ1) is 25.5. The zero-order valence-electron chi connectivity index (χ0n) is 18.2. The van der Waals surface area contributed by atoms with E-state index in [-0.39, 0.29) is 41.1 Å². The van der Waals surface area contributed by atoms with E-state index in [2.05, 4.69) is 15.6 Å². The molecule has 8 heteroatoms. The lowest BCUT2D eigenvalue weighted by Gasteiger charge is -2.31. The molecule has 0 spiro atoms. The highest BCUT2D eigenvalue weighted by Gasteiger charge is 2.42. The van der Waals surface area contributed by atoms with Gasteiger partial charge in [-0.3, -0.25) is 4.79 Å². The molecule has 0 aromatic heterocycles. The van der Waals surface area contributed by atoms with Crippen molar-refractivity contribution >= 4 is 41.5 Å². The molecule has 0 atom stereocenters. The third kappa shape index (κ3) is 6.72. The number of nitrogens with zero attached hydrogens (tertiary/aromatic N) is 3. The van der Waals surface area contributed by atoms with E-state index in [1.165, 1.54) is 6.07 Å². The Morgan fingerprint density at radius 2 is 1.83 bits per heavy atom. The number of hydrogen-bond acceptors (Lipinski definition) is 3. The van der Waals surface area contributed by atoms with Gasteiger partial charge in [0.05, 0.1) is 17.6 Å². The zero-order valence-corrected chi connectivity index (χ0v) is 20.5. The Balaban J connectivity index is 0.00000420. The monoisotopic (exact) mass is 519 g/mol. The van der Waals surface area contributed by atoms with Crippen LogP contribution in [0.25, 0.3) is 0 Å². The fourth-order valence-corrected chi connectivity index (χ4v) is 3.77. The summed E-state index contributed by atoms with van der Waals surface area (Å²) in [5.41, 5.74) is 1.00. The van der Waals surface area contributed by atoms with E-state index in [4.69, 9.17) is 0 Å². The molecule has 1 aromatic carbocycles. The first-order chi connectivity index (χ1) is 13.3. The lowest BCUT2D eigenvalue weighted by Crippen LogP contribution is -2.49. The van der Waals surface area contributed by atoms with Gasteiger partial charge in [0.25, 0.3) is 0 Å². The highest BCUT2D eigenvalue weighted by Crippen LogP contribution is 2.38. The van der Waals surface area contributed by atoms with Gasteiger partial charge in [-0.15, -0.1) is 24.0 Å². The Hall–Kier alpha value is -1.58. The van der Waals surface area contributed by atoms with Crippen LogP contribution >= 0.6 is 24.0 Å². The van der Waals surface area contributed by atoms with E-state index in [0.717, 1.165) is 31.2 Å². The minimum Gasteiger partial charge on any atom is -0.375 e. The second-order valence-corrected chi connectivity index (χ2v) is 7.92. The smallest absolute Gasteiger partial charge is 0.230 e. The van der Waals surface area contributed by atoms with Crippen molar-refractivity contribution in [3.8, 4) is 0 Å². The summed E-state index contributed by atoms with van der Waals surface area (Å²) in [5.74, 6) is 0.573. The van der Waals surface area contributed by atoms with Crippen molar-refractivity contribution in [2.24, 2.45) is 10.4 Å². The third-order valence-electron chi connectivity index (χ3n) is 5.27. The fraction of sp³-hybridized carbons (Fsp3) is 0.619. The molecule has 1 aliphatic carbocycles. The van der Waals surface area contributed by atoms with Crippen LogP contribution < -0.4 is 15.5 Å². The summed E-state index contributed by atoms with van der Waals surface area (Å²) in [6, 6.07) is 5.18. The number of rotatable bonds is 7. The van der Waals surface area contributed by atoms with Gasteiger partial charge < -0.3 is 20.4 Å². The van der Waals surface area contributed by atoms with Crippen molar-refractivity contribution in [1.82, 2.24) is 15.5 Å². The Labute approximate surface area is 191 Å². The van der Waals surface area contributed by atoms with E-state index in [1.54, 1.807) is 15.9 Å². The summed E-state index contributed by atoms with van der Waals surface area (Å²) in [5, 5.41) is 6.56. The Morgan fingerprint density at radius 3 is 2.34 bits per heavy atom. The molecule has 1 saturated carbocycles. The van der Waals surface area contributed by atoms with Crippen molar-refractivity contribution in [1.29, 1.82) is 0 Å². The van der Waals surface area contributed by atoms with Crippen LogP contribution in [-0.2, 0) is 11.3 Å². The van der Waals surface area contributed by atoms with Crippen LogP contribution in [-0.4, -0.2) is 58.0 Å². The molecule has 164 valence electrons. The number of carbonyl (C=O) groups is 1. The molecule has 2 N–H and O–H groups in total. The van der Waals surface area contributed by atoms with Crippen LogP contribution in [0.15, 0.2) is 23.2 Å². The van der Waals surface area contributed by atoms with E-state index in [9.17, 15) is 9.18 Å². The minimum atomic E-state index is -0.362. The Morgan fingerprint density at radius 1 is 1.17 bits per heavy atom. The van der Waals surface area contributed by atoms with Gasteiger partial charge in [0.1, 0.15) is 5.82 Å². The van der Waals surface area contributed by atoms with Gasteiger partial charge in [0.15, 0.2) is 5.96 Å². The third-order valence-corrected chi connectivity index (χ3v) is 5.27. The standard InChI is InChI=1S/C21H34FN5O.HI/c1-6-23-20(24-14-16-9-10-18(26(2)3)17(22)13-16)25-15-21(11-7-8-12-21)19(28)27(4)5;/h9-10,13H,6-8,11-12,14-15H2,1-5H3,(H2,23,24,25);1H. The van der Waals surface area contributed by atoms with Gasteiger partial charge in [-0.05, 0) is 37.5 Å². The van der Waals surface area contributed by atoms with Crippen LogP contribution in [0.1, 0.15) is 38.2 Å². The summed E-state index contributed by atoms with van der Waals surface area (Å²) in [6.45, 7) is 3.64. The molecular formula is C21H35FIN5O. The van der Waals surface area contributed by atoms with Gasteiger partial charge in [-0.2, -0.15) is 0 Å². The molecule has 29 heavy (non-hydrogen) atoms. The zero-order chi connectivity index (χ0) is 20.7. The molecule has 6 nitrogen and oxygen atoms in total. The molecule has 0 bridgehead atoms. The van der Waals surface area contributed by atoms with Gasteiger partial charge in [0.2, 0.25) is 5.91 Å². The highest BCUT2D eigenvalue weighted by atomic mass is 127. The number of amides is 1. The number of hydrogen-bond donors (Lipinski definition) is 2. The average Bonchev–Trinajstić information content (AvgIpc) is 3.13. The molecule has 1 aromatic rings. The fourth-order valence-electron chi connectivity index (χ4n) is 3.77. The molecule has 0 unspecified atom stereocenters. The maximum Gasteiger partial charge on any atom is 0.230 e. The summed E-state index contributed by atoms with van der Waals surface area (Å²) in [6.07, 6.45) is 3.94. The topological polar surface area (TPSA) is 60.0 Å². The van der Waals surface area contributed by atoms with Crippen molar-refractivity contribution < 1.29 is 9.18 Å². The summed E-state index contributed by atoms with van der Waals surface area (Å²) < 4.78 is 14.2. The molecule has 0 radical (unpaired) electrons. The molecule has 1 aliphatic rings.